The van der Waals surface area contributed by atoms with E-state index >= 15 is 0 Å². The van der Waals surface area contributed by atoms with Crippen molar-refractivity contribution in [1.82, 2.24) is 0 Å². The van der Waals surface area contributed by atoms with E-state index in [9.17, 15) is 12.8 Å². The summed E-state index contributed by atoms with van der Waals surface area (Å²) in [4.78, 5) is 0. The smallest absolute Gasteiger partial charge is 0.229 e. The summed E-state index contributed by atoms with van der Waals surface area (Å²) in [7, 11) is -2.83. The molecule has 0 aliphatic carbocycles. The maximum atomic E-state index is 13.5. The number of halogens is 1. The molecule has 1 fully saturated rings. The molecular weight excluding hydrogens is 219 g/mol. The van der Waals surface area contributed by atoms with Crippen LogP contribution in [0.2, 0.25) is 0 Å². The van der Waals surface area contributed by atoms with Crippen LogP contribution in [0.1, 0.15) is 20.8 Å². The normalized spacial score (nSPS) is 55.3. The summed E-state index contributed by atoms with van der Waals surface area (Å²) in [5.41, 5.74) is 0. The topological polar surface area (TPSA) is 34.1 Å². The SMILES string of the molecule is CC1SC(C)(F)S(=O)C(C)S1=O. The molecule has 0 aromatic heterocycles. The standard InChI is InChI=1S/C6H11FO2S3/c1-4-10-6(3,7)12(9)5(2)11(4)8/h4-5H,1-3H3. The van der Waals surface area contributed by atoms with Gasteiger partial charge in [-0.15, -0.1) is 0 Å². The number of rotatable bonds is 0. The van der Waals surface area contributed by atoms with Gasteiger partial charge in [0.15, 0.2) is 0 Å². The summed E-state index contributed by atoms with van der Waals surface area (Å²) < 4.78 is 33.6. The molecule has 1 heterocycles. The molecule has 5 unspecified atom stereocenters. The van der Waals surface area contributed by atoms with Crippen LogP contribution in [0.3, 0.4) is 0 Å². The molecule has 12 heavy (non-hydrogen) atoms. The molecule has 1 rings (SSSR count). The molecule has 2 nitrogen and oxygen atoms in total. The van der Waals surface area contributed by atoms with Gasteiger partial charge in [-0.25, -0.2) is 4.39 Å². The number of alkyl halides is 1. The van der Waals surface area contributed by atoms with Crippen molar-refractivity contribution in [2.45, 2.75) is 34.3 Å². The fourth-order valence-electron chi connectivity index (χ4n) is 1.04. The Morgan fingerprint density at radius 2 is 1.92 bits per heavy atom. The molecule has 0 radical (unpaired) electrons. The Labute approximate surface area is 80.6 Å². The summed E-state index contributed by atoms with van der Waals surface area (Å²) >= 11 is 0.896. The van der Waals surface area contributed by atoms with E-state index in [-0.39, 0.29) is 4.58 Å². The van der Waals surface area contributed by atoms with Crippen molar-refractivity contribution in [3.63, 3.8) is 0 Å². The molecule has 1 aliphatic heterocycles. The highest BCUT2D eigenvalue weighted by molar-refractivity contribution is 8.25. The number of hydrogen-bond donors (Lipinski definition) is 0. The van der Waals surface area contributed by atoms with E-state index in [0.717, 1.165) is 11.8 Å². The summed E-state index contributed by atoms with van der Waals surface area (Å²) in [5, 5.41) is 0. The van der Waals surface area contributed by atoms with Crippen molar-refractivity contribution >= 4 is 33.4 Å². The molecule has 6 heteroatoms. The third-order valence-corrected chi connectivity index (χ3v) is 7.81. The second-order valence-corrected chi connectivity index (χ2v) is 9.42. The van der Waals surface area contributed by atoms with Gasteiger partial charge in [-0.05, 0) is 20.8 Å². The van der Waals surface area contributed by atoms with Gasteiger partial charge in [-0.1, -0.05) is 11.8 Å². The van der Waals surface area contributed by atoms with Crippen molar-refractivity contribution in [3.8, 4) is 0 Å². The highest BCUT2D eigenvalue weighted by Gasteiger charge is 2.46. The zero-order valence-electron chi connectivity index (χ0n) is 7.07. The quantitative estimate of drug-likeness (QED) is 0.633. The minimum absolute atomic E-state index is 0.271. The van der Waals surface area contributed by atoms with Crippen molar-refractivity contribution in [1.29, 1.82) is 0 Å². The average molecular weight is 230 g/mol. The molecule has 0 aromatic carbocycles. The molecule has 0 amide bonds. The Morgan fingerprint density at radius 1 is 1.42 bits per heavy atom. The Morgan fingerprint density at radius 3 is 2.42 bits per heavy atom. The lowest BCUT2D eigenvalue weighted by molar-refractivity contribution is 0.425. The van der Waals surface area contributed by atoms with E-state index in [1.54, 1.807) is 13.8 Å². The van der Waals surface area contributed by atoms with Gasteiger partial charge in [0, 0.05) is 10.8 Å². The van der Waals surface area contributed by atoms with Gasteiger partial charge in [0.05, 0.1) is 15.4 Å². The van der Waals surface area contributed by atoms with Crippen molar-refractivity contribution in [2.24, 2.45) is 0 Å². The van der Waals surface area contributed by atoms with Gasteiger partial charge in [-0.2, -0.15) is 0 Å². The van der Waals surface area contributed by atoms with Gasteiger partial charge in [0.25, 0.3) is 0 Å². The number of thioether (sulfide) groups is 1. The Bertz CT molecular complexity index is 241. The van der Waals surface area contributed by atoms with Crippen molar-refractivity contribution in [3.05, 3.63) is 0 Å². The van der Waals surface area contributed by atoms with E-state index < -0.39 is 30.5 Å². The second kappa shape index (κ2) is 3.38. The van der Waals surface area contributed by atoms with Crippen LogP contribution in [0, 0.1) is 0 Å². The molecule has 1 aliphatic rings. The predicted molar refractivity (Wildman–Crippen MR) is 52.3 cm³/mol. The van der Waals surface area contributed by atoms with Gasteiger partial charge < -0.3 is 0 Å². The van der Waals surface area contributed by atoms with Gasteiger partial charge in [0.1, 0.15) is 4.58 Å². The maximum Gasteiger partial charge on any atom is 0.229 e. The second-order valence-electron chi connectivity index (χ2n) is 2.71. The first-order chi connectivity index (χ1) is 5.36. The average Bonchev–Trinajstić information content (AvgIpc) is 1.97. The summed E-state index contributed by atoms with van der Waals surface area (Å²) in [6, 6.07) is 0. The lowest BCUT2D eigenvalue weighted by Gasteiger charge is -2.31. The van der Waals surface area contributed by atoms with E-state index in [0.29, 0.717) is 0 Å². The Hall–Kier alpha value is 0.580. The molecule has 1 saturated heterocycles. The first-order valence-corrected chi connectivity index (χ1v) is 6.90. The highest BCUT2D eigenvalue weighted by Crippen LogP contribution is 2.42. The molecular formula is C6H11FO2S3. The summed E-state index contributed by atoms with van der Waals surface area (Å²) in [6.07, 6.45) is 0. The summed E-state index contributed by atoms with van der Waals surface area (Å²) in [5.74, 6) is 0. The highest BCUT2D eigenvalue weighted by atomic mass is 32.3. The van der Waals surface area contributed by atoms with Crippen LogP contribution in [0.25, 0.3) is 0 Å². The molecule has 0 spiro atoms. The van der Waals surface area contributed by atoms with Crippen LogP contribution in [-0.2, 0) is 21.6 Å². The Balaban J connectivity index is 2.93. The minimum atomic E-state index is -1.74. The van der Waals surface area contributed by atoms with Crippen LogP contribution in [0.15, 0.2) is 0 Å². The minimum Gasteiger partial charge on any atom is -0.257 e. The van der Waals surface area contributed by atoms with Crippen LogP contribution in [0.5, 0.6) is 0 Å². The monoisotopic (exact) mass is 230 g/mol. The lowest BCUT2D eigenvalue weighted by Crippen LogP contribution is -2.40. The molecule has 5 atom stereocenters. The lowest BCUT2D eigenvalue weighted by atomic mass is 10.9. The van der Waals surface area contributed by atoms with E-state index in [1.165, 1.54) is 6.92 Å². The fourth-order valence-corrected chi connectivity index (χ4v) is 7.74. The first-order valence-electron chi connectivity index (χ1n) is 3.53. The zero-order valence-corrected chi connectivity index (χ0v) is 9.52. The van der Waals surface area contributed by atoms with E-state index in [1.807, 2.05) is 0 Å². The van der Waals surface area contributed by atoms with Gasteiger partial charge >= 0.3 is 0 Å². The predicted octanol–water partition coefficient (Wildman–Crippen LogP) is 1.57. The number of hydrogen-bond acceptors (Lipinski definition) is 3. The molecule has 0 aromatic rings. The van der Waals surface area contributed by atoms with E-state index in [2.05, 4.69) is 0 Å². The van der Waals surface area contributed by atoms with Gasteiger partial charge in [-0.3, -0.25) is 8.42 Å². The zero-order chi connectivity index (χ0) is 9.52. The largest absolute Gasteiger partial charge is 0.257 e. The van der Waals surface area contributed by atoms with Crippen molar-refractivity contribution in [2.75, 3.05) is 0 Å². The van der Waals surface area contributed by atoms with Gasteiger partial charge in [0.2, 0.25) is 4.33 Å². The third-order valence-electron chi connectivity index (χ3n) is 1.69. The molecule has 0 N–H and O–H groups in total. The van der Waals surface area contributed by atoms with Crippen LogP contribution in [0.4, 0.5) is 4.39 Å². The van der Waals surface area contributed by atoms with Crippen LogP contribution < -0.4 is 0 Å². The first kappa shape index (κ1) is 10.7. The van der Waals surface area contributed by atoms with Crippen LogP contribution >= 0.6 is 11.8 Å². The molecule has 0 bridgehead atoms. The Kier molecular flexibility index (Phi) is 3.00. The fraction of sp³-hybridized carbons (Fsp3) is 1.00. The third kappa shape index (κ3) is 1.75. The maximum absolute atomic E-state index is 13.5. The van der Waals surface area contributed by atoms with Crippen molar-refractivity contribution < 1.29 is 12.8 Å². The summed E-state index contributed by atoms with van der Waals surface area (Å²) in [6.45, 7) is 4.56. The molecule has 72 valence electrons. The van der Waals surface area contributed by atoms with Crippen LogP contribution in [-0.4, -0.2) is 21.9 Å². The van der Waals surface area contributed by atoms with E-state index in [4.69, 9.17) is 0 Å². The molecule has 0 saturated carbocycles.